The summed E-state index contributed by atoms with van der Waals surface area (Å²) < 4.78 is 9.86. The molecule has 0 heterocycles. The van der Waals surface area contributed by atoms with Crippen LogP contribution >= 0.6 is 0 Å². The Hall–Kier alpha value is -2.42. The number of hydrogen-bond acceptors (Lipinski definition) is 8. The van der Waals surface area contributed by atoms with Gasteiger partial charge < -0.3 is 29.3 Å². The van der Waals surface area contributed by atoms with Crippen LogP contribution in [0, 0.1) is 0 Å². The Labute approximate surface area is 222 Å². The number of benzene rings is 2. The predicted octanol–water partition coefficient (Wildman–Crippen LogP) is 1.63. The standard InChI is InChI=1S/2C12H14O4.Ca/c2*1-2-3-8-16-12(15)10-7-5-4-6-9(10)11(13)14;/h2*4-7H,2-3,8H2,1H3,(H,13,14);/q;;+2/p-2. The molecule has 8 nitrogen and oxygen atoms in total. The van der Waals surface area contributed by atoms with Crippen molar-refractivity contribution in [3.8, 4) is 0 Å². The number of ether oxygens (including phenoxy) is 2. The summed E-state index contributed by atoms with van der Waals surface area (Å²) >= 11 is 0. The molecule has 0 fully saturated rings. The first-order valence-corrected chi connectivity index (χ1v) is 10.3. The van der Waals surface area contributed by atoms with Gasteiger partial charge in [-0.15, -0.1) is 0 Å². The summed E-state index contributed by atoms with van der Waals surface area (Å²) in [5.41, 5.74) is -0.190. The summed E-state index contributed by atoms with van der Waals surface area (Å²) in [6.45, 7) is 4.55. The molecule has 0 atom stereocenters. The molecule has 0 radical (unpaired) electrons. The van der Waals surface area contributed by atoms with Gasteiger partial charge in [0.25, 0.3) is 0 Å². The van der Waals surface area contributed by atoms with Crippen LogP contribution in [0.3, 0.4) is 0 Å². The van der Waals surface area contributed by atoms with Crippen LogP contribution in [0.5, 0.6) is 0 Å². The van der Waals surface area contributed by atoms with Crippen molar-refractivity contribution in [1.82, 2.24) is 0 Å². The van der Waals surface area contributed by atoms with E-state index in [0.29, 0.717) is 13.2 Å². The summed E-state index contributed by atoms with van der Waals surface area (Å²) in [6.07, 6.45) is 3.35. The second-order valence-electron chi connectivity index (χ2n) is 6.65. The molecule has 0 aromatic heterocycles. The quantitative estimate of drug-likeness (QED) is 0.283. The third-order valence-corrected chi connectivity index (χ3v) is 4.20. The van der Waals surface area contributed by atoms with Gasteiger partial charge in [-0.05, 0) is 25.0 Å². The van der Waals surface area contributed by atoms with Crippen LogP contribution in [0.25, 0.3) is 0 Å². The molecule has 0 saturated carbocycles. The SMILES string of the molecule is CCCCOC(=O)c1ccccc1C(=O)[O-].CCCCOC(=O)c1ccccc1C(=O)[O-].[Ca+2]. The molecule has 33 heavy (non-hydrogen) atoms. The molecule has 2 aromatic carbocycles. The van der Waals surface area contributed by atoms with Crippen molar-refractivity contribution < 1.29 is 38.9 Å². The molecular weight excluding hydrogens is 456 g/mol. The molecule has 0 spiro atoms. The number of hydrogen-bond donors (Lipinski definition) is 0. The maximum absolute atomic E-state index is 11.5. The topological polar surface area (TPSA) is 133 Å². The van der Waals surface area contributed by atoms with Gasteiger partial charge in [-0.1, -0.05) is 63.1 Å². The zero-order valence-electron chi connectivity index (χ0n) is 18.8. The number of carbonyl (C=O) groups excluding carboxylic acids is 4. The Morgan fingerprint density at radius 3 is 1.21 bits per heavy atom. The number of aromatic carboxylic acids is 2. The van der Waals surface area contributed by atoms with Crippen LogP contribution in [-0.2, 0) is 9.47 Å². The summed E-state index contributed by atoms with van der Waals surface area (Å²) in [5, 5.41) is 21.5. The fourth-order valence-corrected chi connectivity index (χ4v) is 2.45. The van der Waals surface area contributed by atoms with E-state index in [4.69, 9.17) is 9.47 Å². The third kappa shape index (κ3) is 10.8. The third-order valence-electron chi connectivity index (χ3n) is 4.20. The van der Waals surface area contributed by atoms with E-state index in [2.05, 4.69) is 0 Å². The smallest absolute Gasteiger partial charge is 0.545 e. The van der Waals surface area contributed by atoms with E-state index < -0.39 is 23.9 Å². The van der Waals surface area contributed by atoms with Crippen molar-refractivity contribution in [1.29, 1.82) is 0 Å². The van der Waals surface area contributed by atoms with E-state index in [1.165, 1.54) is 36.4 Å². The minimum atomic E-state index is -1.37. The Balaban J connectivity index is 0.000000602. The first kappa shape index (κ1) is 30.6. The van der Waals surface area contributed by atoms with Crippen LogP contribution in [0.15, 0.2) is 48.5 Å². The van der Waals surface area contributed by atoms with Gasteiger partial charge in [0.15, 0.2) is 0 Å². The van der Waals surface area contributed by atoms with Crippen molar-refractivity contribution >= 4 is 61.6 Å². The van der Waals surface area contributed by atoms with Gasteiger partial charge in [0.2, 0.25) is 0 Å². The van der Waals surface area contributed by atoms with Crippen LogP contribution < -0.4 is 10.2 Å². The molecule has 9 heteroatoms. The van der Waals surface area contributed by atoms with Crippen molar-refractivity contribution in [3.63, 3.8) is 0 Å². The van der Waals surface area contributed by atoms with Gasteiger partial charge in [0.1, 0.15) is 0 Å². The Kier molecular flexibility index (Phi) is 15.9. The summed E-state index contributed by atoms with van der Waals surface area (Å²) in [4.78, 5) is 44.5. The molecule has 0 N–H and O–H groups in total. The van der Waals surface area contributed by atoms with Gasteiger partial charge in [-0.2, -0.15) is 0 Å². The second-order valence-corrected chi connectivity index (χ2v) is 6.65. The van der Waals surface area contributed by atoms with Gasteiger partial charge in [0, 0.05) is 11.1 Å². The van der Waals surface area contributed by atoms with Gasteiger partial charge in [-0.25, -0.2) is 9.59 Å². The number of carboxylic acid groups (broad SMARTS) is 2. The minimum absolute atomic E-state index is 0. The van der Waals surface area contributed by atoms with Crippen molar-refractivity contribution in [2.75, 3.05) is 13.2 Å². The van der Waals surface area contributed by atoms with E-state index in [1.54, 1.807) is 12.1 Å². The Bertz CT molecular complexity index is 851. The van der Waals surface area contributed by atoms with Crippen LogP contribution in [0.1, 0.15) is 81.0 Å². The first-order chi connectivity index (χ1) is 15.3. The monoisotopic (exact) mass is 482 g/mol. The van der Waals surface area contributed by atoms with E-state index in [9.17, 15) is 29.4 Å². The van der Waals surface area contributed by atoms with Gasteiger partial charge in [-0.3, -0.25) is 0 Å². The molecular formula is C24H26CaO8. The molecule has 0 aliphatic rings. The van der Waals surface area contributed by atoms with Crippen LogP contribution in [-0.4, -0.2) is 74.8 Å². The molecule has 2 aromatic rings. The average Bonchev–Trinajstić information content (AvgIpc) is 2.79. The maximum atomic E-state index is 11.5. The van der Waals surface area contributed by atoms with E-state index >= 15 is 0 Å². The predicted molar refractivity (Wildman–Crippen MR) is 118 cm³/mol. The van der Waals surface area contributed by atoms with E-state index in [0.717, 1.165) is 25.7 Å². The van der Waals surface area contributed by atoms with E-state index in [1.807, 2.05) is 13.8 Å². The molecule has 0 unspecified atom stereocenters. The van der Waals surface area contributed by atoms with Crippen molar-refractivity contribution in [2.24, 2.45) is 0 Å². The fourth-order valence-electron chi connectivity index (χ4n) is 2.45. The second kappa shape index (κ2) is 17.1. The maximum Gasteiger partial charge on any atom is 2.00 e. The molecule has 0 amide bonds. The number of unbranched alkanes of at least 4 members (excludes halogenated alkanes) is 2. The molecule has 0 bridgehead atoms. The number of rotatable bonds is 10. The number of carboxylic acids is 2. The number of carbonyl (C=O) groups is 4. The Morgan fingerprint density at radius 2 is 0.939 bits per heavy atom. The molecule has 2 rings (SSSR count). The average molecular weight is 483 g/mol. The largest absolute Gasteiger partial charge is 2.00 e. The number of esters is 2. The van der Waals surface area contributed by atoms with Crippen LogP contribution in [0.4, 0.5) is 0 Å². The summed E-state index contributed by atoms with van der Waals surface area (Å²) in [7, 11) is 0. The van der Waals surface area contributed by atoms with E-state index in [-0.39, 0.29) is 60.0 Å². The van der Waals surface area contributed by atoms with Crippen molar-refractivity contribution in [2.45, 2.75) is 39.5 Å². The molecule has 172 valence electrons. The zero-order valence-corrected chi connectivity index (χ0v) is 21.0. The van der Waals surface area contributed by atoms with Crippen LogP contribution in [0.2, 0.25) is 0 Å². The summed E-state index contributed by atoms with van der Waals surface area (Å²) in [5.74, 6) is -3.98. The molecule has 0 saturated heterocycles. The fraction of sp³-hybridized carbons (Fsp3) is 0.333. The normalized spacial score (nSPS) is 9.52. The minimum Gasteiger partial charge on any atom is -0.545 e. The van der Waals surface area contributed by atoms with Crippen molar-refractivity contribution in [3.05, 3.63) is 70.8 Å². The molecule has 0 aliphatic heterocycles. The molecule has 0 aliphatic carbocycles. The Morgan fingerprint density at radius 1 is 0.636 bits per heavy atom. The first-order valence-electron chi connectivity index (χ1n) is 10.3. The van der Waals surface area contributed by atoms with Gasteiger partial charge >= 0.3 is 49.7 Å². The summed E-state index contributed by atoms with van der Waals surface area (Å²) in [6, 6.07) is 11.7. The zero-order chi connectivity index (χ0) is 23.9. The van der Waals surface area contributed by atoms with Gasteiger partial charge in [0.05, 0.1) is 36.3 Å².